The fourth-order valence-corrected chi connectivity index (χ4v) is 1.66. The summed E-state index contributed by atoms with van der Waals surface area (Å²) < 4.78 is 10.8. The van der Waals surface area contributed by atoms with E-state index >= 15 is 0 Å². The third kappa shape index (κ3) is 4.21. The maximum absolute atomic E-state index is 10.6. The molecule has 0 heterocycles. The lowest BCUT2D eigenvalue weighted by molar-refractivity contribution is -0.384. The Bertz CT molecular complexity index is 679. The van der Waals surface area contributed by atoms with Gasteiger partial charge in [0.1, 0.15) is 24.7 Å². The number of nitro groups is 1. The van der Waals surface area contributed by atoms with Crippen molar-refractivity contribution in [2.24, 2.45) is 0 Å². The minimum atomic E-state index is -0.475. The molecular formula is C15H12N2O4. The topological polar surface area (TPSA) is 85.4 Å². The molecule has 0 amide bonds. The van der Waals surface area contributed by atoms with E-state index in [0.29, 0.717) is 17.1 Å². The lowest BCUT2D eigenvalue weighted by Crippen LogP contribution is -2.09. The number of ether oxygens (including phenoxy) is 2. The van der Waals surface area contributed by atoms with E-state index in [1.165, 1.54) is 12.1 Å². The van der Waals surface area contributed by atoms with Crippen molar-refractivity contribution >= 4 is 5.69 Å². The Balaban J connectivity index is 1.83. The lowest BCUT2D eigenvalue weighted by atomic mass is 10.2. The Morgan fingerprint density at radius 1 is 1.05 bits per heavy atom. The van der Waals surface area contributed by atoms with Crippen molar-refractivity contribution in [1.82, 2.24) is 0 Å². The predicted octanol–water partition coefficient (Wildman–Crippen LogP) is 2.92. The van der Waals surface area contributed by atoms with Gasteiger partial charge in [-0.3, -0.25) is 10.1 Å². The first-order valence-corrected chi connectivity index (χ1v) is 6.19. The fourth-order valence-electron chi connectivity index (χ4n) is 1.66. The highest BCUT2D eigenvalue weighted by Crippen LogP contribution is 2.19. The zero-order chi connectivity index (χ0) is 15.1. The smallest absolute Gasteiger partial charge is 0.273 e. The van der Waals surface area contributed by atoms with Crippen LogP contribution in [0.2, 0.25) is 0 Å². The fraction of sp³-hybridized carbons (Fsp3) is 0.133. The molecule has 2 aromatic rings. The van der Waals surface area contributed by atoms with Gasteiger partial charge in [0.05, 0.1) is 22.6 Å². The van der Waals surface area contributed by atoms with Gasteiger partial charge in [-0.15, -0.1) is 0 Å². The number of hydrogen-bond donors (Lipinski definition) is 0. The highest BCUT2D eigenvalue weighted by molar-refractivity contribution is 5.38. The van der Waals surface area contributed by atoms with Crippen LogP contribution in [-0.2, 0) is 0 Å². The molecule has 0 aliphatic carbocycles. The van der Waals surface area contributed by atoms with Crippen LogP contribution in [0.3, 0.4) is 0 Å². The van der Waals surface area contributed by atoms with E-state index in [4.69, 9.17) is 14.7 Å². The molecule has 0 aliphatic rings. The first kappa shape index (κ1) is 14.3. The molecule has 0 aromatic heterocycles. The second-order valence-corrected chi connectivity index (χ2v) is 4.09. The maximum Gasteiger partial charge on any atom is 0.273 e. The monoisotopic (exact) mass is 284 g/mol. The molecule has 0 spiro atoms. The molecule has 0 aliphatic heterocycles. The Labute approximate surface area is 121 Å². The molecule has 2 rings (SSSR count). The van der Waals surface area contributed by atoms with Gasteiger partial charge in [0.2, 0.25) is 0 Å². The first-order chi connectivity index (χ1) is 10.2. The molecule has 0 bridgehead atoms. The van der Waals surface area contributed by atoms with E-state index in [-0.39, 0.29) is 18.9 Å². The third-order valence-electron chi connectivity index (χ3n) is 2.61. The van der Waals surface area contributed by atoms with Crippen molar-refractivity contribution in [3.8, 4) is 17.6 Å². The van der Waals surface area contributed by atoms with Crippen molar-refractivity contribution < 1.29 is 14.4 Å². The molecular weight excluding hydrogens is 272 g/mol. The van der Waals surface area contributed by atoms with Crippen LogP contribution >= 0.6 is 0 Å². The number of non-ortho nitro benzene ring substituents is 1. The summed E-state index contributed by atoms with van der Waals surface area (Å²) in [4.78, 5) is 10.2. The number of benzene rings is 2. The molecule has 0 saturated carbocycles. The van der Waals surface area contributed by atoms with Gasteiger partial charge in [-0.25, -0.2) is 0 Å². The molecule has 0 saturated heterocycles. The van der Waals surface area contributed by atoms with Gasteiger partial charge in [0.25, 0.3) is 5.69 Å². The third-order valence-corrected chi connectivity index (χ3v) is 2.61. The zero-order valence-electron chi connectivity index (χ0n) is 11.1. The van der Waals surface area contributed by atoms with Crippen LogP contribution < -0.4 is 9.47 Å². The second kappa shape index (κ2) is 6.91. The van der Waals surface area contributed by atoms with Crippen LogP contribution in [0.5, 0.6) is 11.5 Å². The number of rotatable bonds is 6. The second-order valence-electron chi connectivity index (χ2n) is 4.09. The van der Waals surface area contributed by atoms with Crippen molar-refractivity contribution in [2.75, 3.05) is 13.2 Å². The molecule has 6 heteroatoms. The van der Waals surface area contributed by atoms with Gasteiger partial charge in [0, 0.05) is 6.07 Å². The average Bonchev–Trinajstić information content (AvgIpc) is 2.52. The van der Waals surface area contributed by atoms with Crippen LogP contribution in [0, 0.1) is 21.4 Å². The summed E-state index contributed by atoms with van der Waals surface area (Å²) in [6.07, 6.45) is 0. The lowest BCUT2D eigenvalue weighted by Gasteiger charge is -2.08. The first-order valence-electron chi connectivity index (χ1n) is 6.19. The summed E-state index contributed by atoms with van der Waals surface area (Å²) in [7, 11) is 0. The van der Waals surface area contributed by atoms with E-state index in [1.54, 1.807) is 36.4 Å². The molecule has 0 fully saturated rings. The molecule has 0 unspecified atom stereocenters. The summed E-state index contributed by atoms with van der Waals surface area (Å²) >= 11 is 0. The summed E-state index contributed by atoms with van der Waals surface area (Å²) in [5, 5.41) is 19.4. The zero-order valence-corrected chi connectivity index (χ0v) is 11.1. The van der Waals surface area contributed by atoms with E-state index in [2.05, 4.69) is 0 Å². The molecule has 106 valence electrons. The number of hydrogen-bond acceptors (Lipinski definition) is 5. The summed E-state index contributed by atoms with van der Waals surface area (Å²) in [5.74, 6) is 0.996. The summed E-state index contributed by atoms with van der Waals surface area (Å²) in [6, 6.07) is 14.8. The van der Waals surface area contributed by atoms with Gasteiger partial charge >= 0.3 is 0 Å². The van der Waals surface area contributed by atoms with Gasteiger partial charge in [-0.2, -0.15) is 5.26 Å². The van der Waals surface area contributed by atoms with Gasteiger partial charge in [-0.1, -0.05) is 12.1 Å². The highest BCUT2D eigenvalue weighted by Gasteiger charge is 2.06. The number of nitriles is 1. The molecule has 21 heavy (non-hydrogen) atoms. The molecule has 0 radical (unpaired) electrons. The van der Waals surface area contributed by atoms with E-state index in [0.717, 1.165) is 0 Å². The SMILES string of the molecule is N#Cc1cccc(OCCOc2cccc([N+](=O)[O-])c2)c1. The van der Waals surface area contributed by atoms with Crippen molar-refractivity contribution in [3.63, 3.8) is 0 Å². The molecule has 2 aromatic carbocycles. The van der Waals surface area contributed by atoms with Crippen LogP contribution in [0.1, 0.15) is 5.56 Å². The van der Waals surface area contributed by atoms with Gasteiger partial charge in [0.15, 0.2) is 0 Å². The van der Waals surface area contributed by atoms with Gasteiger partial charge < -0.3 is 9.47 Å². The van der Waals surface area contributed by atoms with Gasteiger partial charge in [-0.05, 0) is 24.3 Å². The van der Waals surface area contributed by atoms with Crippen molar-refractivity contribution in [2.45, 2.75) is 0 Å². The van der Waals surface area contributed by atoms with E-state index in [9.17, 15) is 10.1 Å². The Hall–Kier alpha value is -3.07. The number of nitrogens with zero attached hydrogens (tertiary/aromatic N) is 2. The van der Waals surface area contributed by atoms with Crippen molar-refractivity contribution in [3.05, 3.63) is 64.2 Å². The largest absolute Gasteiger partial charge is 0.490 e. The Kier molecular flexibility index (Phi) is 4.72. The molecule has 6 nitrogen and oxygen atoms in total. The highest BCUT2D eigenvalue weighted by atomic mass is 16.6. The van der Waals surface area contributed by atoms with Crippen LogP contribution in [0.25, 0.3) is 0 Å². The quantitative estimate of drug-likeness (QED) is 0.462. The minimum Gasteiger partial charge on any atom is -0.490 e. The van der Waals surface area contributed by atoms with Crippen LogP contribution in [-0.4, -0.2) is 18.1 Å². The Morgan fingerprint density at radius 3 is 2.29 bits per heavy atom. The standard InChI is InChI=1S/C15H12N2O4/c16-11-12-3-1-5-14(9-12)20-7-8-21-15-6-2-4-13(10-15)17(18)19/h1-6,9-10H,7-8H2. The van der Waals surface area contributed by atoms with Crippen molar-refractivity contribution in [1.29, 1.82) is 5.26 Å². The van der Waals surface area contributed by atoms with Crippen LogP contribution in [0.15, 0.2) is 48.5 Å². The van der Waals surface area contributed by atoms with E-state index in [1.807, 2.05) is 6.07 Å². The normalized spacial score (nSPS) is 9.67. The number of nitro benzene ring substituents is 1. The molecule has 0 atom stereocenters. The minimum absolute atomic E-state index is 0.0184. The summed E-state index contributed by atoms with van der Waals surface area (Å²) in [6.45, 7) is 0.523. The maximum atomic E-state index is 10.6. The summed E-state index contributed by atoms with van der Waals surface area (Å²) in [5.41, 5.74) is 0.502. The van der Waals surface area contributed by atoms with E-state index < -0.39 is 4.92 Å². The van der Waals surface area contributed by atoms with Crippen LogP contribution in [0.4, 0.5) is 5.69 Å². The average molecular weight is 284 g/mol. The predicted molar refractivity (Wildman–Crippen MR) is 75.2 cm³/mol. The molecule has 0 N–H and O–H groups in total. The Morgan fingerprint density at radius 2 is 1.67 bits per heavy atom.